The number of nitrogens with one attached hydrogen (secondary N) is 1. The Balaban J connectivity index is 1.77. The molecular formula is C26H27F3N2O5S. The molecule has 0 unspecified atom stereocenters. The predicted octanol–water partition coefficient (Wildman–Crippen LogP) is 5.72. The Morgan fingerprint density at radius 2 is 1.68 bits per heavy atom. The highest BCUT2D eigenvalue weighted by Gasteiger charge is 2.32. The second-order valence-electron chi connectivity index (χ2n) is 8.11. The summed E-state index contributed by atoms with van der Waals surface area (Å²) in [5.74, 6) is -0.0994. The second kappa shape index (κ2) is 12.1. The first-order valence-corrected chi connectivity index (χ1v) is 12.8. The summed E-state index contributed by atoms with van der Waals surface area (Å²) >= 11 is 0. The summed E-state index contributed by atoms with van der Waals surface area (Å²) in [5.41, 5.74) is 1.14. The van der Waals surface area contributed by atoms with Gasteiger partial charge in [-0.1, -0.05) is 37.3 Å². The fraction of sp³-hybridized carbons (Fsp3) is 0.269. The van der Waals surface area contributed by atoms with E-state index in [0.717, 1.165) is 30.2 Å². The number of anilines is 1. The van der Waals surface area contributed by atoms with Crippen molar-refractivity contribution >= 4 is 21.8 Å². The van der Waals surface area contributed by atoms with E-state index in [1.807, 2.05) is 25.1 Å². The average Bonchev–Trinajstić information content (AvgIpc) is 2.86. The van der Waals surface area contributed by atoms with Crippen molar-refractivity contribution in [2.24, 2.45) is 0 Å². The van der Waals surface area contributed by atoms with Crippen LogP contribution in [-0.4, -0.2) is 39.6 Å². The molecule has 0 saturated heterocycles. The number of carbonyl (C=O) groups is 1. The van der Waals surface area contributed by atoms with Gasteiger partial charge in [-0.15, -0.1) is 0 Å². The van der Waals surface area contributed by atoms with E-state index in [0.29, 0.717) is 17.3 Å². The Bertz CT molecular complexity index is 1330. The van der Waals surface area contributed by atoms with Crippen molar-refractivity contribution in [2.45, 2.75) is 31.0 Å². The molecule has 3 aromatic rings. The number of urea groups is 1. The minimum absolute atomic E-state index is 0.0994. The standard InChI is InChI=1S/C26H27F3N2O5S/c1-3-19-7-4-10-22(15-19)30-25(32)31(13-14-35-2)18-20-8-5-11-23(16-20)36-37(33,34)24-12-6-9-21(17-24)26(27,28)29/h4-12,15-17H,3,13-14,18H2,1-2H3,(H,30,32). The molecule has 0 radical (unpaired) electrons. The fourth-order valence-electron chi connectivity index (χ4n) is 3.44. The number of nitrogens with zero attached hydrogens (tertiary/aromatic N) is 1. The van der Waals surface area contributed by atoms with Crippen molar-refractivity contribution < 1.29 is 35.3 Å². The predicted molar refractivity (Wildman–Crippen MR) is 133 cm³/mol. The molecular weight excluding hydrogens is 509 g/mol. The summed E-state index contributed by atoms with van der Waals surface area (Å²) in [6.45, 7) is 2.63. The molecule has 3 rings (SSSR count). The number of ether oxygens (including phenoxy) is 1. The van der Waals surface area contributed by atoms with Gasteiger partial charge in [0, 0.05) is 25.9 Å². The third kappa shape index (κ3) is 7.96. The zero-order valence-corrected chi connectivity index (χ0v) is 21.1. The van der Waals surface area contributed by atoms with Crippen molar-refractivity contribution in [1.29, 1.82) is 0 Å². The van der Waals surface area contributed by atoms with Crippen molar-refractivity contribution in [3.63, 3.8) is 0 Å². The summed E-state index contributed by atoms with van der Waals surface area (Å²) in [5, 5.41) is 2.85. The van der Waals surface area contributed by atoms with Crippen molar-refractivity contribution in [1.82, 2.24) is 4.90 Å². The summed E-state index contributed by atoms with van der Waals surface area (Å²) in [7, 11) is -3.02. The van der Waals surface area contributed by atoms with Crippen LogP contribution in [0.1, 0.15) is 23.6 Å². The van der Waals surface area contributed by atoms with E-state index in [1.54, 1.807) is 12.1 Å². The molecule has 0 fully saturated rings. The van der Waals surface area contributed by atoms with Gasteiger partial charge < -0.3 is 19.1 Å². The Kier molecular flexibility index (Phi) is 9.17. The third-order valence-corrected chi connectivity index (χ3v) is 6.61. The summed E-state index contributed by atoms with van der Waals surface area (Å²) in [6.07, 6.45) is -3.89. The van der Waals surface area contributed by atoms with Gasteiger partial charge in [0.05, 0.1) is 12.2 Å². The van der Waals surface area contributed by atoms with Crippen LogP contribution < -0.4 is 9.50 Å². The molecule has 0 atom stereocenters. The smallest absolute Gasteiger partial charge is 0.383 e. The first kappa shape index (κ1) is 28.0. The van der Waals surface area contributed by atoms with Crippen LogP contribution in [0.15, 0.2) is 77.7 Å². The number of methoxy groups -OCH3 is 1. The summed E-state index contributed by atoms with van der Waals surface area (Å²) < 4.78 is 74.5. The first-order chi connectivity index (χ1) is 17.5. The van der Waals surface area contributed by atoms with Crippen LogP contribution in [0.25, 0.3) is 0 Å². The van der Waals surface area contributed by atoms with Gasteiger partial charge in [-0.3, -0.25) is 0 Å². The Morgan fingerprint density at radius 3 is 2.38 bits per heavy atom. The maximum Gasteiger partial charge on any atom is 0.416 e. The summed E-state index contributed by atoms with van der Waals surface area (Å²) in [6, 6.07) is 16.4. The minimum Gasteiger partial charge on any atom is -0.383 e. The lowest BCUT2D eigenvalue weighted by molar-refractivity contribution is -0.137. The molecule has 0 heterocycles. The zero-order chi connectivity index (χ0) is 27.1. The van der Waals surface area contributed by atoms with Crippen LogP contribution in [0, 0.1) is 0 Å². The molecule has 0 bridgehead atoms. The van der Waals surface area contributed by atoms with Crippen LogP contribution >= 0.6 is 0 Å². The number of hydrogen-bond donors (Lipinski definition) is 1. The molecule has 0 aliphatic rings. The van der Waals surface area contributed by atoms with Gasteiger partial charge in [0.1, 0.15) is 10.6 Å². The number of carbonyl (C=O) groups excluding carboxylic acids is 1. The number of amides is 2. The maximum atomic E-state index is 13.0. The highest BCUT2D eigenvalue weighted by atomic mass is 32.2. The molecule has 0 aliphatic carbocycles. The van der Waals surface area contributed by atoms with Gasteiger partial charge in [-0.2, -0.15) is 21.6 Å². The lowest BCUT2D eigenvalue weighted by atomic mass is 10.1. The molecule has 0 aliphatic heterocycles. The molecule has 198 valence electrons. The van der Waals surface area contributed by atoms with E-state index >= 15 is 0 Å². The highest BCUT2D eigenvalue weighted by Crippen LogP contribution is 2.31. The van der Waals surface area contributed by atoms with Gasteiger partial charge >= 0.3 is 22.3 Å². The SMILES string of the molecule is CCc1cccc(NC(=O)N(CCOC)Cc2cccc(OS(=O)(=O)c3cccc(C(F)(F)F)c3)c2)c1. The van der Waals surface area contributed by atoms with Gasteiger partial charge in [-0.05, 0) is 60.0 Å². The van der Waals surface area contributed by atoms with Crippen molar-refractivity contribution in [2.75, 3.05) is 25.6 Å². The minimum atomic E-state index is -4.70. The molecule has 0 saturated carbocycles. The Labute approximate surface area is 213 Å². The second-order valence-corrected chi connectivity index (χ2v) is 9.66. The largest absolute Gasteiger partial charge is 0.416 e. The number of aryl methyl sites for hydroxylation is 1. The molecule has 11 heteroatoms. The molecule has 7 nitrogen and oxygen atoms in total. The molecule has 2 amide bonds. The van der Waals surface area contributed by atoms with E-state index in [9.17, 15) is 26.4 Å². The molecule has 1 N–H and O–H groups in total. The van der Waals surface area contributed by atoms with E-state index in [2.05, 4.69) is 5.32 Å². The topological polar surface area (TPSA) is 84.9 Å². The van der Waals surface area contributed by atoms with Crippen LogP contribution in [0.5, 0.6) is 5.75 Å². The average molecular weight is 537 g/mol. The van der Waals surface area contributed by atoms with Gasteiger partial charge in [0.15, 0.2) is 0 Å². The monoisotopic (exact) mass is 536 g/mol. The zero-order valence-electron chi connectivity index (χ0n) is 20.3. The highest BCUT2D eigenvalue weighted by molar-refractivity contribution is 7.87. The Hall–Kier alpha value is -3.57. The Morgan fingerprint density at radius 1 is 0.973 bits per heavy atom. The summed E-state index contributed by atoms with van der Waals surface area (Å²) in [4.78, 5) is 13.8. The van der Waals surface area contributed by atoms with Gasteiger partial charge in [0.2, 0.25) is 0 Å². The quantitative estimate of drug-likeness (QED) is 0.335. The molecule has 3 aromatic carbocycles. The lowest BCUT2D eigenvalue weighted by Crippen LogP contribution is -2.36. The maximum absolute atomic E-state index is 13.0. The van der Waals surface area contributed by atoms with Gasteiger partial charge in [0.25, 0.3) is 0 Å². The molecule has 0 spiro atoms. The van der Waals surface area contributed by atoms with Crippen LogP contribution in [-0.2, 0) is 34.0 Å². The van der Waals surface area contributed by atoms with Crippen LogP contribution in [0.3, 0.4) is 0 Å². The normalized spacial score (nSPS) is 11.7. The number of rotatable bonds is 10. The molecule has 37 heavy (non-hydrogen) atoms. The number of benzene rings is 3. The number of hydrogen-bond acceptors (Lipinski definition) is 5. The number of halogens is 3. The molecule has 0 aromatic heterocycles. The van der Waals surface area contributed by atoms with E-state index in [1.165, 1.54) is 30.2 Å². The van der Waals surface area contributed by atoms with Crippen molar-refractivity contribution in [3.05, 3.63) is 89.5 Å². The van der Waals surface area contributed by atoms with Crippen molar-refractivity contribution in [3.8, 4) is 5.75 Å². The lowest BCUT2D eigenvalue weighted by Gasteiger charge is -2.23. The first-order valence-electron chi connectivity index (χ1n) is 11.4. The third-order valence-electron chi connectivity index (χ3n) is 5.37. The van der Waals surface area contributed by atoms with Gasteiger partial charge in [-0.25, -0.2) is 4.79 Å². The van der Waals surface area contributed by atoms with E-state index in [4.69, 9.17) is 8.92 Å². The van der Waals surface area contributed by atoms with E-state index in [-0.39, 0.29) is 31.5 Å². The number of alkyl halides is 3. The fourth-order valence-corrected chi connectivity index (χ4v) is 4.41. The van der Waals surface area contributed by atoms with Crippen LogP contribution in [0.4, 0.5) is 23.7 Å². The van der Waals surface area contributed by atoms with E-state index < -0.39 is 26.8 Å². The van der Waals surface area contributed by atoms with Crippen LogP contribution in [0.2, 0.25) is 0 Å².